The van der Waals surface area contributed by atoms with Crippen molar-refractivity contribution in [1.29, 1.82) is 0 Å². The monoisotopic (exact) mass is 335 g/mol. The zero-order valence-corrected chi connectivity index (χ0v) is 13.5. The Hall–Kier alpha value is -2.74. The SMILES string of the molecule is COCC(=O)N[C@@H](C(=O)O)c1c(C)nn(-c2ccc(F)cc2)c1C. The number of methoxy groups -OCH3 is 1. The number of carboxylic acid groups (broad SMARTS) is 1. The summed E-state index contributed by atoms with van der Waals surface area (Å²) < 4.78 is 19.3. The molecule has 2 aromatic rings. The minimum Gasteiger partial charge on any atom is -0.479 e. The first-order valence-corrected chi connectivity index (χ1v) is 7.18. The number of carbonyl (C=O) groups is 2. The maximum Gasteiger partial charge on any atom is 0.331 e. The van der Waals surface area contributed by atoms with E-state index < -0.39 is 17.9 Å². The van der Waals surface area contributed by atoms with Gasteiger partial charge in [0.25, 0.3) is 0 Å². The van der Waals surface area contributed by atoms with Crippen LogP contribution in [0.15, 0.2) is 24.3 Å². The molecule has 1 aromatic carbocycles. The second-order valence-electron chi connectivity index (χ2n) is 5.24. The first-order chi connectivity index (χ1) is 11.3. The van der Waals surface area contributed by atoms with Crippen molar-refractivity contribution in [1.82, 2.24) is 15.1 Å². The van der Waals surface area contributed by atoms with E-state index in [4.69, 9.17) is 4.74 Å². The van der Waals surface area contributed by atoms with Gasteiger partial charge in [0.1, 0.15) is 12.4 Å². The number of nitrogens with zero attached hydrogens (tertiary/aromatic N) is 2. The Morgan fingerprint density at radius 1 is 1.33 bits per heavy atom. The van der Waals surface area contributed by atoms with Crippen molar-refractivity contribution < 1.29 is 23.8 Å². The minimum atomic E-state index is -1.25. The number of halogens is 1. The van der Waals surface area contributed by atoms with Crippen molar-refractivity contribution in [3.05, 3.63) is 47.0 Å². The number of carboxylic acids is 1. The number of hydrogen-bond acceptors (Lipinski definition) is 4. The number of hydrogen-bond donors (Lipinski definition) is 2. The molecule has 1 heterocycles. The second-order valence-corrected chi connectivity index (χ2v) is 5.24. The second kappa shape index (κ2) is 7.22. The van der Waals surface area contributed by atoms with Gasteiger partial charge in [-0.2, -0.15) is 5.10 Å². The standard InChI is InChI=1S/C16H18FN3O4/c1-9-14(15(16(22)23)18-13(21)8-24-3)10(2)20(19-9)12-6-4-11(17)5-7-12/h4-7,15H,8H2,1-3H3,(H,18,21)(H,22,23)/t15-/m1/s1. The van der Waals surface area contributed by atoms with Gasteiger partial charge in [-0.15, -0.1) is 0 Å². The van der Waals surface area contributed by atoms with Gasteiger partial charge in [-0.3, -0.25) is 4.79 Å². The molecule has 0 spiro atoms. The third kappa shape index (κ3) is 3.60. The molecule has 0 saturated carbocycles. The van der Waals surface area contributed by atoms with Crippen LogP contribution in [0.25, 0.3) is 5.69 Å². The average molecular weight is 335 g/mol. The van der Waals surface area contributed by atoms with Gasteiger partial charge in [0.15, 0.2) is 6.04 Å². The highest BCUT2D eigenvalue weighted by Gasteiger charge is 2.28. The van der Waals surface area contributed by atoms with E-state index in [0.29, 0.717) is 22.6 Å². The Kier molecular flexibility index (Phi) is 5.30. The molecule has 7 nitrogen and oxygen atoms in total. The van der Waals surface area contributed by atoms with Crippen LogP contribution < -0.4 is 5.32 Å². The lowest BCUT2D eigenvalue weighted by Crippen LogP contribution is -2.36. The molecule has 0 radical (unpaired) electrons. The predicted octanol–water partition coefficient (Wildman–Crippen LogP) is 1.52. The zero-order chi connectivity index (χ0) is 17.9. The van der Waals surface area contributed by atoms with E-state index in [9.17, 15) is 19.1 Å². The molecule has 0 aliphatic rings. The van der Waals surface area contributed by atoms with Crippen LogP contribution in [0.2, 0.25) is 0 Å². The molecule has 0 aliphatic carbocycles. The van der Waals surface area contributed by atoms with Gasteiger partial charge in [-0.25, -0.2) is 13.9 Å². The molecule has 24 heavy (non-hydrogen) atoms. The summed E-state index contributed by atoms with van der Waals surface area (Å²) >= 11 is 0. The number of aromatic nitrogens is 2. The number of aryl methyl sites for hydroxylation is 1. The predicted molar refractivity (Wildman–Crippen MR) is 83.4 cm³/mol. The molecule has 2 rings (SSSR count). The van der Waals surface area contributed by atoms with E-state index in [2.05, 4.69) is 10.4 Å². The summed E-state index contributed by atoms with van der Waals surface area (Å²) in [5, 5.41) is 16.2. The van der Waals surface area contributed by atoms with Crippen LogP contribution in [0.1, 0.15) is 23.0 Å². The lowest BCUT2D eigenvalue weighted by atomic mass is 10.0. The van der Waals surface area contributed by atoms with Gasteiger partial charge < -0.3 is 15.2 Å². The molecule has 128 valence electrons. The van der Waals surface area contributed by atoms with Crippen LogP contribution in [0.5, 0.6) is 0 Å². The van der Waals surface area contributed by atoms with Gasteiger partial charge in [-0.05, 0) is 38.1 Å². The molecule has 1 aromatic heterocycles. The largest absolute Gasteiger partial charge is 0.479 e. The maximum atomic E-state index is 13.1. The van der Waals surface area contributed by atoms with E-state index in [0.717, 1.165) is 0 Å². The van der Waals surface area contributed by atoms with Crippen LogP contribution in [-0.2, 0) is 14.3 Å². The Bertz CT molecular complexity index is 755. The van der Waals surface area contributed by atoms with E-state index in [-0.39, 0.29) is 12.4 Å². The normalized spacial score (nSPS) is 12.0. The third-order valence-electron chi connectivity index (χ3n) is 3.53. The average Bonchev–Trinajstić information content (AvgIpc) is 2.81. The Morgan fingerprint density at radius 3 is 2.50 bits per heavy atom. The number of carbonyl (C=O) groups excluding carboxylic acids is 1. The van der Waals surface area contributed by atoms with Crippen molar-refractivity contribution >= 4 is 11.9 Å². The highest BCUT2D eigenvalue weighted by molar-refractivity contribution is 5.85. The Morgan fingerprint density at radius 2 is 1.96 bits per heavy atom. The van der Waals surface area contributed by atoms with Crippen LogP contribution in [0, 0.1) is 19.7 Å². The van der Waals surface area contributed by atoms with Crippen molar-refractivity contribution in [2.45, 2.75) is 19.9 Å². The molecule has 0 fully saturated rings. The molecule has 0 bridgehead atoms. The fraction of sp³-hybridized carbons (Fsp3) is 0.312. The molecule has 8 heteroatoms. The van der Waals surface area contributed by atoms with Crippen LogP contribution in [0.3, 0.4) is 0 Å². The number of nitrogens with one attached hydrogen (secondary N) is 1. The number of benzene rings is 1. The molecular formula is C16H18FN3O4. The van der Waals surface area contributed by atoms with Gasteiger partial charge in [-0.1, -0.05) is 0 Å². The van der Waals surface area contributed by atoms with Gasteiger partial charge in [0, 0.05) is 18.4 Å². The number of aliphatic carboxylic acids is 1. The molecule has 0 aliphatic heterocycles. The fourth-order valence-corrected chi connectivity index (χ4v) is 2.50. The van der Waals surface area contributed by atoms with Crippen molar-refractivity contribution in [3.8, 4) is 5.69 Å². The smallest absolute Gasteiger partial charge is 0.331 e. The van der Waals surface area contributed by atoms with E-state index in [1.165, 1.54) is 36.1 Å². The van der Waals surface area contributed by atoms with Gasteiger partial charge >= 0.3 is 5.97 Å². The summed E-state index contributed by atoms with van der Waals surface area (Å²) in [6, 6.07) is 4.42. The lowest BCUT2D eigenvalue weighted by Gasteiger charge is -2.15. The summed E-state index contributed by atoms with van der Waals surface area (Å²) in [6.07, 6.45) is 0. The fourth-order valence-electron chi connectivity index (χ4n) is 2.50. The molecule has 0 saturated heterocycles. The van der Waals surface area contributed by atoms with Crippen molar-refractivity contribution in [2.75, 3.05) is 13.7 Å². The number of rotatable bonds is 6. The van der Waals surface area contributed by atoms with E-state index >= 15 is 0 Å². The Balaban J connectivity index is 2.43. The van der Waals surface area contributed by atoms with Crippen molar-refractivity contribution in [2.24, 2.45) is 0 Å². The summed E-state index contributed by atoms with van der Waals surface area (Å²) in [4.78, 5) is 23.3. The van der Waals surface area contributed by atoms with Gasteiger partial charge in [0.05, 0.1) is 11.4 Å². The maximum absolute atomic E-state index is 13.1. The summed E-state index contributed by atoms with van der Waals surface area (Å²) in [5.74, 6) is -2.13. The first-order valence-electron chi connectivity index (χ1n) is 7.18. The molecule has 1 atom stereocenters. The van der Waals surface area contributed by atoms with Gasteiger partial charge in [0.2, 0.25) is 5.91 Å². The highest BCUT2D eigenvalue weighted by atomic mass is 19.1. The lowest BCUT2D eigenvalue weighted by molar-refractivity contribution is -0.142. The zero-order valence-electron chi connectivity index (χ0n) is 13.5. The Labute approximate surface area is 138 Å². The van der Waals surface area contributed by atoms with E-state index in [1.807, 2.05) is 0 Å². The first kappa shape index (κ1) is 17.6. The van der Waals surface area contributed by atoms with Crippen LogP contribution in [0.4, 0.5) is 4.39 Å². The minimum absolute atomic E-state index is 0.242. The molecule has 2 N–H and O–H groups in total. The van der Waals surface area contributed by atoms with Crippen LogP contribution in [-0.4, -0.2) is 40.5 Å². The van der Waals surface area contributed by atoms with Crippen LogP contribution >= 0.6 is 0 Å². The molecule has 1 amide bonds. The van der Waals surface area contributed by atoms with Crippen molar-refractivity contribution in [3.63, 3.8) is 0 Å². The van der Waals surface area contributed by atoms with E-state index in [1.54, 1.807) is 13.8 Å². The molecule has 0 unspecified atom stereocenters. The number of amides is 1. The number of ether oxygens (including phenoxy) is 1. The quantitative estimate of drug-likeness (QED) is 0.835. The third-order valence-corrected chi connectivity index (χ3v) is 3.53. The molecular weight excluding hydrogens is 317 g/mol. The highest BCUT2D eigenvalue weighted by Crippen LogP contribution is 2.24. The summed E-state index contributed by atoms with van der Waals surface area (Å²) in [7, 11) is 1.35. The topological polar surface area (TPSA) is 93.4 Å². The summed E-state index contributed by atoms with van der Waals surface area (Å²) in [6.45, 7) is 3.10. The summed E-state index contributed by atoms with van der Waals surface area (Å²) in [5.41, 5.74) is 1.98.